The molecule has 1 aliphatic rings. The van der Waals surface area contributed by atoms with E-state index >= 15 is 0 Å². The fourth-order valence-electron chi connectivity index (χ4n) is 2.01. The predicted octanol–water partition coefficient (Wildman–Crippen LogP) is 2.54. The molecule has 0 radical (unpaired) electrons. The molecule has 0 heterocycles. The summed E-state index contributed by atoms with van der Waals surface area (Å²) in [5, 5.41) is 0. The zero-order chi connectivity index (χ0) is 11.4. The summed E-state index contributed by atoms with van der Waals surface area (Å²) in [5.41, 5.74) is 2.69. The monoisotopic (exact) mass is 218 g/mol. The number of hydrogen-bond donors (Lipinski definition) is 0. The van der Waals surface area contributed by atoms with Crippen molar-refractivity contribution in [1.29, 1.82) is 0 Å². The molecule has 0 aliphatic heterocycles. The van der Waals surface area contributed by atoms with Crippen molar-refractivity contribution in [3.05, 3.63) is 35.4 Å². The lowest BCUT2D eigenvalue weighted by molar-refractivity contribution is -0.107. The smallest absolute Gasteiger partial charge is 0.120 e. The Morgan fingerprint density at radius 3 is 2.38 bits per heavy atom. The van der Waals surface area contributed by atoms with Gasteiger partial charge in [-0.15, -0.1) is 0 Å². The molecule has 0 spiro atoms. The number of ether oxygens (including phenoxy) is 1. The molecule has 1 aromatic rings. The Kier molecular flexibility index (Phi) is 3.39. The number of benzene rings is 1. The summed E-state index contributed by atoms with van der Waals surface area (Å²) < 4.78 is 5.50. The molecule has 2 heteroatoms. The molecule has 0 atom stereocenters. The van der Waals surface area contributed by atoms with Crippen molar-refractivity contribution >= 4 is 6.29 Å². The SMILES string of the molecule is COC1(Cc2ccc(CCC=O)cc2)CC1. The molecule has 0 N–H and O–H groups in total. The van der Waals surface area contributed by atoms with Crippen molar-refractivity contribution in [1.82, 2.24) is 0 Å². The quantitative estimate of drug-likeness (QED) is 0.686. The molecule has 1 aliphatic carbocycles. The van der Waals surface area contributed by atoms with Crippen molar-refractivity contribution in [2.24, 2.45) is 0 Å². The minimum atomic E-state index is 0.129. The lowest BCUT2D eigenvalue weighted by atomic mass is 10.0. The van der Waals surface area contributed by atoms with Gasteiger partial charge in [0, 0.05) is 20.0 Å². The van der Waals surface area contributed by atoms with E-state index in [0.29, 0.717) is 6.42 Å². The van der Waals surface area contributed by atoms with Gasteiger partial charge in [-0.05, 0) is 30.4 Å². The summed E-state index contributed by atoms with van der Waals surface area (Å²) >= 11 is 0. The van der Waals surface area contributed by atoms with Crippen LogP contribution >= 0.6 is 0 Å². The largest absolute Gasteiger partial charge is 0.378 e. The van der Waals surface area contributed by atoms with Crippen LogP contribution < -0.4 is 0 Å². The molecule has 1 saturated carbocycles. The highest BCUT2D eigenvalue weighted by Crippen LogP contribution is 2.41. The van der Waals surface area contributed by atoms with Crippen LogP contribution in [0.25, 0.3) is 0 Å². The third-order valence-corrected chi connectivity index (χ3v) is 3.34. The second kappa shape index (κ2) is 4.79. The van der Waals surface area contributed by atoms with Crippen LogP contribution in [0, 0.1) is 0 Å². The first-order valence-corrected chi connectivity index (χ1v) is 5.85. The van der Waals surface area contributed by atoms with Gasteiger partial charge in [0.25, 0.3) is 0 Å². The molecule has 0 aromatic heterocycles. The Labute approximate surface area is 96.6 Å². The molecule has 0 bridgehead atoms. The second-order valence-corrected chi connectivity index (χ2v) is 4.59. The highest BCUT2D eigenvalue weighted by atomic mass is 16.5. The average Bonchev–Trinajstić information content (AvgIpc) is 3.09. The summed E-state index contributed by atoms with van der Waals surface area (Å²) in [6.45, 7) is 0. The summed E-state index contributed by atoms with van der Waals surface area (Å²) in [7, 11) is 1.80. The fraction of sp³-hybridized carbons (Fsp3) is 0.500. The van der Waals surface area contributed by atoms with Gasteiger partial charge in [0.05, 0.1) is 5.60 Å². The molecule has 1 aromatic carbocycles. The maximum absolute atomic E-state index is 10.3. The van der Waals surface area contributed by atoms with Gasteiger partial charge in [-0.3, -0.25) is 0 Å². The summed E-state index contributed by atoms with van der Waals surface area (Å²) in [6.07, 6.45) is 5.79. The van der Waals surface area contributed by atoms with E-state index in [1.54, 1.807) is 7.11 Å². The van der Waals surface area contributed by atoms with Crippen LogP contribution in [0.2, 0.25) is 0 Å². The third-order valence-electron chi connectivity index (χ3n) is 3.34. The minimum Gasteiger partial charge on any atom is -0.378 e. The van der Waals surface area contributed by atoms with E-state index in [9.17, 15) is 4.79 Å². The van der Waals surface area contributed by atoms with Crippen molar-refractivity contribution in [3.63, 3.8) is 0 Å². The predicted molar refractivity (Wildman–Crippen MR) is 63.5 cm³/mol. The van der Waals surface area contributed by atoms with Gasteiger partial charge in [0.2, 0.25) is 0 Å². The highest BCUT2D eigenvalue weighted by molar-refractivity contribution is 5.50. The van der Waals surface area contributed by atoms with Crippen LogP contribution in [0.15, 0.2) is 24.3 Å². The van der Waals surface area contributed by atoms with Gasteiger partial charge in [-0.25, -0.2) is 0 Å². The molecule has 0 amide bonds. The van der Waals surface area contributed by atoms with E-state index in [-0.39, 0.29) is 5.60 Å². The minimum absolute atomic E-state index is 0.129. The number of hydrogen-bond acceptors (Lipinski definition) is 2. The Morgan fingerprint density at radius 1 is 1.25 bits per heavy atom. The van der Waals surface area contributed by atoms with Crippen LogP contribution in [0.3, 0.4) is 0 Å². The maximum Gasteiger partial charge on any atom is 0.120 e. The summed E-state index contributed by atoms with van der Waals surface area (Å²) in [6, 6.07) is 8.54. The van der Waals surface area contributed by atoms with E-state index in [0.717, 1.165) is 19.1 Å². The van der Waals surface area contributed by atoms with E-state index in [1.165, 1.54) is 24.0 Å². The number of aldehydes is 1. The lowest BCUT2D eigenvalue weighted by Gasteiger charge is -2.13. The van der Waals surface area contributed by atoms with Crippen molar-refractivity contribution in [2.45, 2.75) is 37.7 Å². The van der Waals surface area contributed by atoms with Crippen LogP contribution in [-0.4, -0.2) is 19.0 Å². The molecule has 86 valence electrons. The van der Waals surface area contributed by atoms with Crippen LogP contribution in [-0.2, 0) is 22.4 Å². The fourth-order valence-corrected chi connectivity index (χ4v) is 2.01. The standard InChI is InChI=1S/C14H18O2/c1-16-14(8-9-14)11-13-6-4-12(5-7-13)3-2-10-15/h4-7,10H,2-3,8-9,11H2,1H3. The third kappa shape index (κ3) is 2.70. The van der Waals surface area contributed by atoms with E-state index in [1.807, 2.05) is 0 Å². The first-order valence-electron chi connectivity index (χ1n) is 5.85. The maximum atomic E-state index is 10.3. The zero-order valence-corrected chi connectivity index (χ0v) is 9.74. The van der Waals surface area contributed by atoms with Gasteiger partial charge in [-0.2, -0.15) is 0 Å². The topological polar surface area (TPSA) is 26.3 Å². The molecular formula is C14H18O2. The Bertz CT molecular complexity index is 350. The second-order valence-electron chi connectivity index (χ2n) is 4.59. The number of methoxy groups -OCH3 is 1. The molecule has 2 nitrogen and oxygen atoms in total. The van der Waals surface area contributed by atoms with E-state index in [4.69, 9.17) is 4.74 Å². The Balaban J connectivity index is 1.94. The number of aryl methyl sites for hydroxylation is 1. The zero-order valence-electron chi connectivity index (χ0n) is 9.74. The first-order chi connectivity index (χ1) is 7.78. The van der Waals surface area contributed by atoms with E-state index < -0.39 is 0 Å². The van der Waals surface area contributed by atoms with Crippen LogP contribution in [0.4, 0.5) is 0 Å². The van der Waals surface area contributed by atoms with Crippen molar-refractivity contribution in [2.75, 3.05) is 7.11 Å². The molecule has 16 heavy (non-hydrogen) atoms. The number of rotatable bonds is 6. The van der Waals surface area contributed by atoms with Crippen LogP contribution in [0.5, 0.6) is 0 Å². The van der Waals surface area contributed by atoms with Gasteiger partial charge in [0.1, 0.15) is 6.29 Å². The molecule has 0 unspecified atom stereocenters. The highest BCUT2D eigenvalue weighted by Gasteiger charge is 2.42. The summed E-state index contributed by atoms with van der Waals surface area (Å²) in [4.78, 5) is 10.3. The Morgan fingerprint density at radius 2 is 1.88 bits per heavy atom. The van der Waals surface area contributed by atoms with Gasteiger partial charge >= 0.3 is 0 Å². The molecule has 1 fully saturated rings. The normalized spacial score (nSPS) is 17.1. The van der Waals surface area contributed by atoms with Gasteiger partial charge < -0.3 is 9.53 Å². The van der Waals surface area contributed by atoms with Crippen LogP contribution in [0.1, 0.15) is 30.4 Å². The Hall–Kier alpha value is -1.15. The number of carbonyl (C=O) groups excluding carboxylic acids is 1. The van der Waals surface area contributed by atoms with Crippen molar-refractivity contribution < 1.29 is 9.53 Å². The average molecular weight is 218 g/mol. The van der Waals surface area contributed by atoms with E-state index in [2.05, 4.69) is 24.3 Å². The van der Waals surface area contributed by atoms with Gasteiger partial charge in [0.15, 0.2) is 0 Å². The first kappa shape index (κ1) is 11.3. The van der Waals surface area contributed by atoms with Gasteiger partial charge in [-0.1, -0.05) is 24.3 Å². The van der Waals surface area contributed by atoms with Crippen molar-refractivity contribution in [3.8, 4) is 0 Å². The number of carbonyl (C=O) groups is 1. The summed E-state index contributed by atoms with van der Waals surface area (Å²) in [5.74, 6) is 0. The molecule has 2 rings (SSSR count). The molecular weight excluding hydrogens is 200 g/mol. The molecule has 0 saturated heterocycles. The lowest BCUT2D eigenvalue weighted by Crippen LogP contribution is -2.14.